The number of aryl methyl sites for hydroxylation is 1. The molecule has 6 nitrogen and oxygen atoms in total. The molecule has 9 heteroatoms. The van der Waals surface area contributed by atoms with Crippen LogP contribution in [0.15, 0.2) is 42.0 Å². The molecule has 0 aliphatic carbocycles. The van der Waals surface area contributed by atoms with Gasteiger partial charge in [0.05, 0.1) is 23.2 Å². The largest absolute Gasteiger partial charge is 0.375 e. The Hall–Kier alpha value is -3.20. The van der Waals surface area contributed by atoms with E-state index in [-0.39, 0.29) is 34.9 Å². The van der Waals surface area contributed by atoms with E-state index in [1.54, 1.807) is 13.1 Å². The van der Waals surface area contributed by atoms with Crippen LogP contribution in [0.1, 0.15) is 54.7 Å². The summed E-state index contributed by atoms with van der Waals surface area (Å²) in [6.45, 7) is 3.83. The zero-order valence-electron chi connectivity index (χ0n) is 18.0. The number of alkyl halides is 2. The second-order valence-corrected chi connectivity index (χ2v) is 8.66. The standard InChI is InChI=1S/C24H23F3N4O2/c1-12(16-4-3-5-17(20(16)25)21(26)27)30-22-19-10-18(13-8-14-6-7-15(9-13)33-14)24(32)31(2)23(19)29-11-28-22/h3-5,10-11,13-15,21H,1,6-9H2,2H3,(H,28,29,30). The van der Waals surface area contributed by atoms with Crippen molar-refractivity contribution in [2.45, 2.75) is 50.2 Å². The zero-order chi connectivity index (χ0) is 23.3. The van der Waals surface area contributed by atoms with Crippen molar-refractivity contribution < 1.29 is 17.9 Å². The third kappa shape index (κ3) is 3.80. The molecule has 5 rings (SSSR count). The topological polar surface area (TPSA) is 69.0 Å². The Labute approximate surface area is 188 Å². The Morgan fingerprint density at radius 1 is 1.24 bits per heavy atom. The molecule has 0 radical (unpaired) electrons. The van der Waals surface area contributed by atoms with Crippen molar-refractivity contribution in [1.29, 1.82) is 0 Å². The van der Waals surface area contributed by atoms with Crippen LogP contribution < -0.4 is 10.9 Å². The van der Waals surface area contributed by atoms with Gasteiger partial charge in [-0.25, -0.2) is 23.1 Å². The minimum atomic E-state index is -2.94. The molecular formula is C24H23F3N4O2. The minimum absolute atomic E-state index is 0.0655. The van der Waals surface area contributed by atoms with E-state index in [2.05, 4.69) is 21.9 Å². The first kappa shape index (κ1) is 21.6. The fourth-order valence-electron chi connectivity index (χ4n) is 4.96. The van der Waals surface area contributed by atoms with Crippen LogP contribution >= 0.6 is 0 Å². The molecule has 4 heterocycles. The van der Waals surface area contributed by atoms with Crippen LogP contribution in [0, 0.1) is 5.82 Å². The molecule has 2 aliphatic rings. The number of ether oxygens (including phenoxy) is 1. The van der Waals surface area contributed by atoms with Gasteiger partial charge in [-0.15, -0.1) is 0 Å². The van der Waals surface area contributed by atoms with E-state index < -0.39 is 17.8 Å². The van der Waals surface area contributed by atoms with Crippen molar-refractivity contribution in [3.63, 3.8) is 0 Å². The Bertz CT molecular complexity index is 1290. The third-order valence-corrected chi connectivity index (χ3v) is 6.62. The highest BCUT2D eigenvalue weighted by molar-refractivity contribution is 5.91. The smallest absolute Gasteiger partial charge is 0.266 e. The number of anilines is 1. The summed E-state index contributed by atoms with van der Waals surface area (Å²) in [5, 5.41) is 3.51. The van der Waals surface area contributed by atoms with Crippen LogP contribution in [0.2, 0.25) is 0 Å². The summed E-state index contributed by atoms with van der Waals surface area (Å²) in [4.78, 5) is 21.6. The predicted molar refractivity (Wildman–Crippen MR) is 119 cm³/mol. The first-order valence-corrected chi connectivity index (χ1v) is 10.9. The Morgan fingerprint density at radius 2 is 1.97 bits per heavy atom. The van der Waals surface area contributed by atoms with Gasteiger partial charge in [-0.05, 0) is 43.7 Å². The second-order valence-electron chi connectivity index (χ2n) is 8.66. The lowest BCUT2D eigenvalue weighted by Gasteiger charge is -2.28. The fraction of sp³-hybridized carbons (Fsp3) is 0.375. The normalized spacial score (nSPS) is 22.2. The van der Waals surface area contributed by atoms with Crippen molar-refractivity contribution in [3.8, 4) is 0 Å². The molecule has 2 aliphatic heterocycles. The molecule has 3 aromatic rings. The third-order valence-electron chi connectivity index (χ3n) is 6.62. The second kappa shape index (κ2) is 8.30. The average molecular weight is 456 g/mol. The first-order chi connectivity index (χ1) is 15.8. The molecule has 2 saturated heterocycles. The first-order valence-electron chi connectivity index (χ1n) is 10.9. The number of nitrogens with one attached hydrogen (secondary N) is 1. The lowest BCUT2D eigenvalue weighted by Crippen LogP contribution is -2.30. The number of hydrogen-bond acceptors (Lipinski definition) is 5. The van der Waals surface area contributed by atoms with Gasteiger partial charge in [-0.1, -0.05) is 18.7 Å². The summed E-state index contributed by atoms with van der Waals surface area (Å²) in [5.74, 6) is -0.649. The zero-order valence-corrected chi connectivity index (χ0v) is 18.0. The van der Waals surface area contributed by atoms with Gasteiger partial charge in [0, 0.05) is 23.9 Å². The van der Waals surface area contributed by atoms with E-state index in [4.69, 9.17) is 4.74 Å². The van der Waals surface area contributed by atoms with Gasteiger partial charge in [-0.3, -0.25) is 9.36 Å². The van der Waals surface area contributed by atoms with Crippen molar-refractivity contribution in [2.75, 3.05) is 5.32 Å². The maximum Gasteiger partial charge on any atom is 0.266 e. The summed E-state index contributed by atoms with van der Waals surface area (Å²) >= 11 is 0. The Kier molecular flexibility index (Phi) is 5.44. The van der Waals surface area contributed by atoms with E-state index in [0.717, 1.165) is 31.7 Å². The van der Waals surface area contributed by atoms with E-state index in [1.807, 2.05) is 0 Å². The van der Waals surface area contributed by atoms with E-state index >= 15 is 0 Å². The van der Waals surface area contributed by atoms with Crippen LogP contribution in [0.5, 0.6) is 0 Å². The van der Waals surface area contributed by atoms with E-state index in [0.29, 0.717) is 22.4 Å². The van der Waals surface area contributed by atoms with Gasteiger partial charge in [-0.2, -0.15) is 0 Å². The molecule has 0 amide bonds. The lowest BCUT2D eigenvalue weighted by atomic mass is 9.88. The van der Waals surface area contributed by atoms with Gasteiger partial charge >= 0.3 is 0 Å². The number of rotatable bonds is 5. The van der Waals surface area contributed by atoms with Crippen LogP contribution in [-0.2, 0) is 11.8 Å². The van der Waals surface area contributed by atoms with E-state index in [9.17, 15) is 18.0 Å². The number of hydrogen-bond donors (Lipinski definition) is 1. The van der Waals surface area contributed by atoms with Crippen LogP contribution in [0.25, 0.3) is 16.7 Å². The predicted octanol–water partition coefficient (Wildman–Crippen LogP) is 4.91. The molecule has 1 N–H and O–H groups in total. The maximum absolute atomic E-state index is 14.6. The van der Waals surface area contributed by atoms with Crippen molar-refractivity contribution in [2.24, 2.45) is 7.05 Å². The summed E-state index contributed by atoms with van der Waals surface area (Å²) in [7, 11) is 1.65. The average Bonchev–Trinajstić information content (AvgIpc) is 3.13. The number of pyridine rings is 1. The fourth-order valence-corrected chi connectivity index (χ4v) is 4.96. The molecule has 33 heavy (non-hydrogen) atoms. The summed E-state index contributed by atoms with van der Waals surface area (Å²) in [6, 6.07) is 5.56. The monoisotopic (exact) mass is 456 g/mol. The van der Waals surface area contributed by atoms with Crippen LogP contribution in [0.3, 0.4) is 0 Å². The highest BCUT2D eigenvalue weighted by atomic mass is 19.3. The number of aromatic nitrogens is 3. The van der Waals surface area contributed by atoms with Crippen molar-refractivity contribution >= 4 is 22.5 Å². The summed E-state index contributed by atoms with van der Waals surface area (Å²) in [5.41, 5.74) is 0.264. The lowest BCUT2D eigenvalue weighted by molar-refractivity contribution is -0.00401. The van der Waals surface area contributed by atoms with E-state index in [1.165, 1.54) is 23.0 Å². The highest BCUT2D eigenvalue weighted by Gasteiger charge is 2.37. The highest BCUT2D eigenvalue weighted by Crippen LogP contribution is 2.40. The molecule has 2 bridgehead atoms. The Morgan fingerprint density at radius 3 is 2.67 bits per heavy atom. The van der Waals surface area contributed by atoms with Crippen LogP contribution in [-0.4, -0.2) is 26.7 Å². The molecular weight excluding hydrogens is 433 g/mol. The summed E-state index contributed by atoms with van der Waals surface area (Å²) < 4.78 is 48.3. The van der Waals surface area contributed by atoms with Gasteiger partial charge in [0.25, 0.3) is 12.0 Å². The van der Waals surface area contributed by atoms with Gasteiger partial charge in [0.2, 0.25) is 0 Å². The number of benzene rings is 1. The molecule has 2 fully saturated rings. The number of halogens is 3. The Balaban J connectivity index is 1.54. The quantitative estimate of drug-likeness (QED) is 0.591. The maximum atomic E-state index is 14.6. The number of nitrogens with zero attached hydrogens (tertiary/aromatic N) is 3. The molecule has 1 aromatic carbocycles. The minimum Gasteiger partial charge on any atom is -0.375 e. The molecule has 0 saturated carbocycles. The molecule has 2 aromatic heterocycles. The molecule has 172 valence electrons. The van der Waals surface area contributed by atoms with Gasteiger partial charge < -0.3 is 10.1 Å². The van der Waals surface area contributed by atoms with Gasteiger partial charge in [0.1, 0.15) is 23.6 Å². The van der Waals surface area contributed by atoms with Crippen molar-refractivity contribution in [1.82, 2.24) is 14.5 Å². The number of fused-ring (bicyclic) bond motifs is 3. The van der Waals surface area contributed by atoms with Crippen LogP contribution in [0.4, 0.5) is 19.0 Å². The molecule has 2 unspecified atom stereocenters. The van der Waals surface area contributed by atoms with Crippen molar-refractivity contribution in [3.05, 3.63) is 70.0 Å². The molecule has 2 atom stereocenters. The summed E-state index contributed by atoms with van der Waals surface area (Å²) in [6.07, 6.45) is 2.27. The van der Waals surface area contributed by atoms with Gasteiger partial charge in [0.15, 0.2) is 0 Å². The molecule has 0 spiro atoms. The SMILES string of the molecule is C=C(Nc1ncnc2c1cc(C1CC3CCC(C1)O3)c(=O)n2C)c1cccc(C(F)F)c1F.